The van der Waals surface area contributed by atoms with E-state index in [1.165, 1.54) is 6.92 Å². The monoisotopic (exact) mass is 179 g/mol. The zero-order valence-electron chi connectivity index (χ0n) is 5.84. The molecule has 0 spiro atoms. The average molecular weight is 179 g/mol. The second-order valence-corrected chi connectivity index (χ2v) is 3.01. The Morgan fingerprint density at radius 1 is 1.55 bits per heavy atom. The Balaban J connectivity index is 2.92. The quantitative estimate of drug-likeness (QED) is 0.750. The number of aromatic nitrogens is 2. The lowest BCUT2D eigenvalue weighted by Crippen LogP contribution is -2.10. The standard InChI is InChI=1S/C5H7F2N3S/c1-2-5(6,7)3-9-10-4(8)11-3/h2H2,1H3,(H2,8,10). The van der Waals surface area contributed by atoms with Crippen molar-refractivity contribution in [2.24, 2.45) is 0 Å². The van der Waals surface area contributed by atoms with E-state index in [0.29, 0.717) is 0 Å². The van der Waals surface area contributed by atoms with Crippen LogP contribution in [0.15, 0.2) is 0 Å². The number of anilines is 1. The molecular formula is C5H7F2N3S. The van der Waals surface area contributed by atoms with Gasteiger partial charge in [-0.05, 0) is 0 Å². The van der Waals surface area contributed by atoms with Crippen LogP contribution in [0, 0.1) is 0 Å². The van der Waals surface area contributed by atoms with Crippen molar-refractivity contribution in [3.05, 3.63) is 5.01 Å². The molecule has 0 unspecified atom stereocenters. The summed E-state index contributed by atoms with van der Waals surface area (Å²) in [5, 5.41) is 6.32. The third kappa shape index (κ3) is 1.62. The van der Waals surface area contributed by atoms with Crippen molar-refractivity contribution in [3.63, 3.8) is 0 Å². The highest BCUT2D eigenvalue weighted by molar-refractivity contribution is 7.15. The average Bonchev–Trinajstić information content (AvgIpc) is 2.36. The van der Waals surface area contributed by atoms with Crippen LogP contribution in [0.5, 0.6) is 0 Å². The van der Waals surface area contributed by atoms with Gasteiger partial charge in [0.25, 0.3) is 0 Å². The molecule has 0 fully saturated rings. The van der Waals surface area contributed by atoms with Crippen LogP contribution in [0.3, 0.4) is 0 Å². The molecule has 6 heteroatoms. The van der Waals surface area contributed by atoms with E-state index < -0.39 is 5.92 Å². The van der Waals surface area contributed by atoms with Crippen LogP contribution < -0.4 is 5.73 Å². The molecule has 1 rings (SSSR count). The van der Waals surface area contributed by atoms with Gasteiger partial charge >= 0.3 is 5.92 Å². The van der Waals surface area contributed by atoms with Gasteiger partial charge in [-0.2, -0.15) is 8.78 Å². The molecule has 1 heterocycles. The molecule has 1 aromatic heterocycles. The SMILES string of the molecule is CCC(F)(F)c1nnc(N)s1. The summed E-state index contributed by atoms with van der Waals surface area (Å²) in [6.45, 7) is 1.39. The summed E-state index contributed by atoms with van der Waals surface area (Å²) in [7, 11) is 0. The van der Waals surface area contributed by atoms with Crippen molar-refractivity contribution in [1.29, 1.82) is 0 Å². The number of nitrogen functional groups attached to an aromatic ring is 1. The first-order valence-corrected chi connectivity index (χ1v) is 3.85. The molecule has 0 atom stereocenters. The summed E-state index contributed by atoms with van der Waals surface area (Å²) in [4.78, 5) is 0. The minimum absolute atomic E-state index is 0.0770. The summed E-state index contributed by atoms with van der Waals surface area (Å²) in [6.07, 6.45) is -0.276. The van der Waals surface area contributed by atoms with Gasteiger partial charge in [0.1, 0.15) is 0 Å². The van der Waals surface area contributed by atoms with Crippen LogP contribution in [0.2, 0.25) is 0 Å². The van der Waals surface area contributed by atoms with Gasteiger partial charge in [0.15, 0.2) is 5.01 Å². The van der Waals surface area contributed by atoms with Gasteiger partial charge in [0.2, 0.25) is 5.13 Å². The molecule has 0 saturated carbocycles. The summed E-state index contributed by atoms with van der Waals surface area (Å²) in [5.74, 6) is -2.88. The van der Waals surface area contributed by atoms with E-state index in [1.54, 1.807) is 0 Å². The smallest absolute Gasteiger partial charge is 0.300 e. The zero-order valence-corrected chi connectivity index (χ0v) is 6.66. The molecule has 0 radical (unpaired) electrons. The predicted molar refractivity (Wildman–Crippen MR) is 38.5 cm³/mol. The molecule has 11 heavy (non-hydrogen) atoms. The maximum absolute atomic E-state index is 12.8. The van der Waals surface area contributed by atoms with Crippen LogP contribution >= 0.6 is 11.3 Å². The Kier molecular flexibility index (Phi) is 2.03. The third-order valence-electron chi connectivity index (χ3n) is 1.20. The predicted octanol–water partition coefficient (Wildman–Crippen LogP) is 1.62. The molecule has 0 aromatic carbocycles. The minimum atomic E-state index is -2.88. The highest BCUT2D eigenvalue weighted by Crippen LogP contribution is 2.33. The van der Waals surface area contributed by atoms with Crippen molar-refractivity contribution in [2.45, 2.75) is 19.3 Å². The van der Waals surface area contributed by atoms with E-state index in [-0.39, 0.29) is 16.6 Å². The van der Waals surface area contributed by atoms with E-state index in [0.717, 1.165) is 11.3 Å². The van der Waals surface area contributed by atoms with E-state index in [2.05, 4.69) is 10.2 Å². The molecule has 62 valence electrons. The number of nitrogens with two attached hydrogens (primary N) is 1. The van der Waals surface area contributed by atoms with Crippen LogP contribution in [0.25, 0.3) is 0 Å². The highest BCUT2D eigenvalue weighted by Gasteiger charge is 2.33. The van der Waals surface area contributed by atoms with Crippen molar-refractivity contribution in [2.75, 3.05) is 5.73 Å². The van der Waals surface area contributed by atoms with Gasteiger partial charge in [0, 0.05) is 6.42 Å². The fraction of sp³-hybridized carbons (Fsp3) is 0.600. The van der Waals surface area contributed by atoms with Gasteiger partial charge in [-0.15, -0.1) is 10.2 Å². The van der Waals surface area contributed by atoms with E-state index in [4.69, 9.17) is 5.73 Å². The fourth-order valence-electron chi connectivity index (χ4n) is 0.534. The molecule has 2 N–H and O–H groups in total. The van der Waals surface area contributed by atoms with Crippen LogP contribution in [0.4, 0.5) is 13.9 Å². The number of hydrogen-bond donors (Lipinski definition) is 1. The van der Waals surface area contributed by atoms with Gasteiger partial charge in [-0.3, -0.25) is 0 Å². The molecule has 0 aliphatic carbocycles. The molecule has 0 aliphatic rings. The Morgan fingerprint density at radius 2 is 2.18 bits per heavy atom. The van der Waals surface area contributed by atoms with E-state index >= 15 is 0 Å². The fourth-order valence-corrected chi connectivity index (χ4v) is 1.19. The number of hydrogen-bond acceptors (Lipinski definition) is 4. The maximum Gasteiger partial charge on any atom is 0.300 e. The van der Waals surface area contributed by atoms with Gasteiger partial charge in [-0.25, -0.2) is 0 Å². The Bertz CT molecular complexity index is 248. The summed E-state index contributed by atoms with van der Waals surface area (Å²) in [6, 6.07) is 0. The Morgan fingerprint density at radius 3 is 2.55 bits per heavy atom. The number of rotatable bonds is 2. The third-order valence-corrected chi connectivity index (χ3v) is 2.06. The summed E-state index contributed by atoms with van der Waals surface area (Å²) >= 11 is 0.725. The van der Waals surface area contributed by atoms with Crippen LogP contribution in [0.1, 0.15) is 18.4 Å². The lowest BCUT2D eigenvalue weighted by molar-refractivity contribution is -0.00910. The minimum Gasteiger partial charge on any atom is -0.374 e. The van der Waals surface area contributed by atoms with Crippen molar-refractivity contribution < 1.29 is 8.78 Å². The number of nitrogens with zero attached hydrogens (tertiary/aromatic N) is 2. The van der Waals surface area contributed by atoms with E-state index in [1.807, 2.05) is 0 Å². The van der Waals surface area contributed by atoms with Crippen molar-refractivity contribution in [3.8, 4) is 0 Å². The zero-order chi connectivity index (χ0) is 8.48. The molecular weight excluding hydrogens is 172 g/mol. The summed E-state index contributed by atoms with van der Waals surface area (Å²) in [5.41, 5.74) is 5.14. The van der Waals surface area contributed by atoms with Crippen LogP contribution in [-0.4, -0.2) is 10.2 Å². The lowest BCUT2D eigenvalue weighted by atomic mass is 10.3. The molecule has 1 aromatic rings. The molecule has 0 bridgehead atoms. The first kappa shape index (κ1) is 8.32. The molecule has 0 saturated heterocycles. The number of alkyl halides is 2. The first-order chi connectivity index (χ1) is 5.06. The maximum atomic E-state index is 12.8. The highest BCUT2D eigenvalue weighted by atomic mass is 32.1. The second-order valence-electron chi connectivity index (χ2n) is 2.00. The number of halogens is 2. The topological polar surface area (TPSA) is 51.8 Å². The van der Waals surface area contributed by atoms with Crippen LogP contribution in [-0.2, 0) is 5.92 Å². The first-order valence-electron chi connectivity index (χ1n) is 3.03. The molecule has 0 aliphatic heterocycles. The van der Waals surface area contributed by atoms with E-state index in [9.17, 15) is 8.78 Å². The van der Waals surface area contributed by atoms with Gasteiger partial charge in [0.05, 0.1) is 0 Å². The van der Waals surface area contributed by atoms with Gasteiger partial charge in [-0.1, -0.05) is 18.3 Å². The molecule has 0 amide bonds. The van der Waals surface area contributed by atoms with Crippen molar-refractivity contribution in [1.82, 2.24) is 10.2 Å². The largest absolute Gasteiger partial charge is 0.374 e. The summed E-state index contributed by atoms with van der Waals surface area (Å²) < 4.78 is 25.5. The Labute approximate surface area is 66.2 Å². The van der Waals surface area contributed by atoms with Crippen molar-refractivity contribution >= 4 is 16.5 Å². The second kappa shape index (κ2) is 2.69. The van der Waals surface area contributed by atoms with Gasteiger partial charge < -0.3 is 5.73 Å². The normalized spacial score (nSPS) is 11.9. The Hall–Kier alpha value is -0.780. The lowest BCUT2D eigenvalue weighted by Gasteiger charge is -2.07. The molecule has 3 nitrogen and oxygen atoms in total.